The summed E-state index contributed by atoms with van der Waals surface area (Å²) in [6, 6.07) is 69.0. The van der Waals surface area contributed by atoms with Crippen molar-refractivity contribution in [1.82, 2.24) is 0 Å². The van der Waals surface area contributed by atoms with Gasteiger partial charge >= 0.3 is 0 Å². The van der Waals surface area contributed by atoms with Crippen molar-refractivity contribution < 1.29 is 8.83 Å². The minimum absolute atomic E-state index is 0.811. The predicted molar refractivity (Wildman–Crippen MR) is 226 cm³/mol. The van der Waals surface area contributed by atoms with Crippen LogP contribution in [0.3, 0.4) is 0 Å². The van der Waals surface area contributed by atoms with E-state index in [1.54, 1.807) is 0 Å². The van der Waals surface area contributed by atoms with E-state index in [4.69, 9.17) is 8.83 Å². The number of fused-ring (bicyclic) bond motifs is 7. The summed E-state index contributed by atoms with van der Waals surface area (Å²) in [5.41, 5.74) is 13.0. The Labute approximate surface area is 312 Å². The van der Waals surface area contributed by atoms with Crippen LogP contribution >= 0.6 is 0 Å². The molecule has 11 aromatic rings. The first-order chi connectivity index (χ1) is 26.8. The molecule has 0 N–H and O–H groups in total. The lowest BCUT2D eigenvalue weighted by atomic mass is 9.85. The fourth-order valence-corrected chi connectivity index (χ4v) is 8.49. The normalized spacial score (nSPS) is 11.7. The maximum absolute atomic E-state index is 6.95. The fourth-order valence-electron chi connectivity index (χ4n) is 8.49. The standard InChI is InChI=1S/C52H32O2/c1-4-15-33(16-5-1)36-21-14-22-37(31-36)47-39-23-10-12-25-41(39)48(42-26-13-11-24-40(42)47)38-27-29-45-44(32-38)50-46(53-45)30-28-43-49(34-17-6-2-7-18-34)51(54-52(43)50)35-19-8-3-9-20-35/h1-32H. The Morgan fingerprint density at radius 3 is 1.39 bits per heavy atom. The van der Waals surface area contributed by atoms with Crippen LogP contribution in [-0.4, -0.2) is 0 Å². The molecule has 0 aliphatic carbocycles. The van der Waals surface area contributed by atoms with Gasteiger partial charge in [0.25, 0.3) is 0 Å². The van der Waals surface area contributed by atoms with Gasteiger partial charge in [-0.25, -0.2) is 0 Å². The molecule has 0 aliphatic rings. The summed E-state index contributed by atoms with van der Waals surface area (Å²) < 4.78 is 13.5. The van der Waals surface area contributed by atoms with Gasteiger partial charge in [0, 0.05) is 21.9 Å². The molecule has 0 saturated heterocycles. The monoisotopic (exact) mass is 688 g/mol. The van der Waals surface area contributed by atoms with E-state index in [0.29, 0.717) is 0 Å². The molecule has 2 heteroatoms. The van der Waals surface area contributed by atoms with E-state index < -0.39 is 0 Å². The summed E-state index contributed by atoms with van der Waals surface area (Å²) in [6.45, 7) is 0. The van der Waals surface area contributed by atoms with Gasteiger partial charge in [-0.2, -0.15) is 0 Å². The third-order valence-electron chi connectivity index (χ3n) is 10.9. The lowest BCUT2D eigenvalue weighted by molar-refractivity contribution is 0.634. The van der Waals surface area contributed by atoms with Crippen LogP contribution in [0.25, 0.3) is 110 Å². The van der Waals surface area contributed by atoms with Crippen LogP contribution in [0.2, 0.25) is 0 Å². The average molecular weight is 689 g/mol. The summed E-state index contributed by atoms with van der Waals surface area (Å²) in [4.78, 5) is 0. The van der Waals surface area contributed by atoms with Crippen molar-refractivity contribution in [3.05, 3.63) is 194 Å². The third kappa shape index (κ3) is 4.74. The molecule has 2 heterocycles. The number of benzene rings is 9. The minimum atomic E-state index is 0.811. The predicted octanol–water partition coefficient (Wildman–Crippen LogP) is 15.0. The molecule has 11 rings (SSSR count). The van der Waals surface area contributed by atoms with Gasteiger partial charge < -0.3 is 8.83 Å². The summed E-state index contributed by atoms with van der Waals surface area (Å²) in [5, 5.41) is 7.97. The van der Waals surface area contributed by atoms with Gasteiger partial charge in [0.15, 0.2) is 0 Å². The molecule has 0 spiro atoms. The van der Waals surface area contributed by atoms with E-state index in [0.717, 1.165) is 60.9 Å². The van der Waals surface area contributed by atoms with Crippen molar-refractivity contribution in [3.63, 3.8) is 0 Å². The Morgan fingerprint density at radius 2 is 0.759 bits per heavy atom. The molecule has 2 nitrogen and oxygen atoms in total. The Balaban J connectivity index is 1.17. The van der Waals surface area contributed by atoms with Crippen LogP contribution in [0.1, 0.15) is 0 Å². The first-order valence-electron chi connectivity index (χ1n) is 18.4. The summed E-state index contributed by atoms with van der Waals surface area (Å²) in [5.74, 6) is 0.860. The number of hydrogen-bond donors (Lipinski definition) is 0. The van der Waals surface area contributed by atoms with E-state index >= 15 is 0 Å². The van der Waals surface area contributed by atoms with Crippen molar-refractivity contribution in [3.8, 4) is 55.8 Å². The molecular weight excluding hydrogens is 657 g/mol. The Morgan fingerprint density at radius 1 is 0.259 bits per heavy atom. The van der Waals surface area contributed by atoms with Gasteiger partial charge in [0.1, 0.15) is 22.5 Å². The molecule has 54 heavy (non-hydrogen) atoms. The van der Waals surface area contributed by atoms with Crippen molar-refractivity contribution >= 4 is 54.5 Å². The second-order valence-electron chi connectivity index (χ2n) is 14.0. The van der Waals surface area contributed by atoms with E-state index in [9.17, 15) is 0 Å². The Bertz CT molecular complexity index is 3130. The highest BCUT2D eigenvalue weighted by atomic mass is 16.3. The van der Waals surface area contributed by atoms with Crippen LogP contribution in [0, 0.1) is 0 Å². The van der Waals surface area contributed by atoms with E-state index in [-0.39, 0.29) is 0 Å². The minimum Gasteiger partial charge on any atom is -0.456 e. The summed E-state index contributed by atoms with van der Waals surface area (Å²) >= 11 is 0. The van der Waals surface area contributed by atoms with E-state index in [1.807, 2.05) is 6.07 Å². The molecule has 0 bridgehead atoms. The van der Waals surface area contributed by atoms with E-state index in [1.165, 1.54) is 49.4 Å². The molecule has 252 valence electrons. The maximum atomic E-state index is 6.95. The third-order valence-corrected chi connectivity index (χ3v) is 10.9. The van der Waals surface area contributed by atoms with Gasteiger partial charge in [0.05, 0.1) is 5.39 Å². The van der Waals surface area contributed by atoms with Crippen LogP contribution in [-0.2, 0) is 0 Å². The summed E-state index contributed by atoms with van der Waals surface area (Å²) in [7, 11) is 0. The van der Waals surface area contributed by atoms with Crippen LogP contribution < -0.4 is 0 Å². The van der Waals surface area contributed by atoms with Gasteiger partial charge in [-0.1, -0.05) is 164 Å². The van der Waals surface area contributed by atoms with Gasteiger partial charge in [0.2, 0.25) is 0 Å². The number of furan rings is 2. The lowest BCUT2D eigenvalue weighted by Crippen LogP contribution is -1.91. The Hall–Kier alpha value is -7.16. The fraction of sp³-hybridized carbons (Fsp3) is 0. The molecule has 0 atom stereocenters. The maximum Gasteiger partial charge on any atom is 0.147 e. The molecule has 0 fully saturated rings. The smallest absolute Gasteiger partial charge is 0.147 e. The second kappa shape index (κ2) is 12.2. The average Bonchev–Trinajstić information content (AvgIpc) is 3.82. The first-order valence-corrected chi connectivity index (χ1v) is 18.4. The molecule has 0 amide bonds. The van der Waals surface area contributed by atoms with Crippen molar-refractivity contribution in [2.45, 2.75) is 0 Å². The zero-order chi connectivity index (χ0) is 35.6. The van der Waals surface area contributed by atoms with Crippen molar-refractivity contribution in [1.29, 1.82) is 0 Å². The number of hydrogen-bond acceptors (Lipinski definition) is 2. The van der Waals surface area contributed by atoms with Crippen LogP contribution in [0.5, 0.6) is 0 Å². The van der Waals surface area contributed by atoms with Crippen LogP contribution in [0.15, 0.2) is 203 Å². The van der Waals surface area contributed by atoms with Gasteiger partial charge in [-0.3, -0.25) is 0 Å². The van der Waals surface area contributed by atoms with Crippen molar-refractivity contribution in [2.24, 2.45) is 0 Å². The zero-order valence-electron chi connectivity index (χ0n) is 29.3. The summed E-state index contributed by atoms with van der Waals surface area (Å²) in [6.07, 6.45) is 0. The highest BCUT2D eigenvalue weighted by Gasteiger charge is 2.23. The molecule has 0 unspecified atom stereocenters. The molecule has 0 aliphatic heterocycles. The first kappa shape index (κ1) is 30.5. The SMILES string of the molecule is c1ccc(-c2cccc(-c3c4ccccc4c(-c4ccc5oc6ccc7c(-c8ccccc8)c(-c8ccccc8)oc7c6c5c4)c4ccccc34)c2)cc1. The van der Waals surface area contributed by atoms with Crippen LogP contribution in [0.4, 0.5) is 0 Å². The Kier molecular flexibility index (Phi) is 6.90. The molecular formula is C52H32O2. The largest absolute Gasteiger partial charge is 0.456 e. The van der Waals surface area contributed by atoms with E-state index in [2.05, 4.69) is 188 Å². The molecule has 0 saturated carbocycles. The molecule has 0 radical (unpaired) electrons. The zero-order valence-corrected chi connectivity index (χ0v) is 29.3. The van der Waals surface area contributed by atoms with Gasteiger partial charge in [-0.05, 0) is 90.8 Å². The lowest BCUT2D eigenvalue weighted by Gasteiger charge is -2.18. The number of rotatable bonds is 5. The topological polar surface area (TPSA) is 26.3 Å². The highest BCUT2D eigenvalue weighted by molar-refractivity contribution is 6.24. The second-order valence-corrected chi connectivity index (χ2v) is 14.0. The van der Waals surface area contributed by atoms with Gasteiger partial charge in [-0.15, -0.1) is 0 Å². The quantitative estimate of drug-likeness (QED) is 0.168. The van der Waals surface area contributed by atoms with Crippen molar-refractivity contribution in [2.75, 3.05) is 0 Å². The molecule has 2 aromatic heterocycles. The molecule has 9 aromatic carbocycles. The highest BCUT2D eigenvalue weighted by Crippen LogP contribution is 2.48.